The number of nitrogens with one attached hydrogen (secondary N) is 1. The second-order valence-electron chi connectivity index (χ2n) is 6.92. The van der Waals surface area contributed by atoms with Crippen LogP contribution in [0.3, 0.4) is 0 Å². The number of aromatic amines is 1. The summed E-state index contributed by atoms with van der Waals surface area (Å²) >= 11 is 0. The van der Waals surface area contributed by atoms with Gasteiger partial charge in [-0.15, -0.1) is 0 Å². The number of hydrogen-bond donors (Lipinski definition) is 1. The molecule has 31 heavy (non-hydrogen) atoms. The highest BCUT2D eigenvalue weighted by Crippen LogP contribution is 2.24. The van der Waals surface area contributed by atoms with E-state index in [1.54, 1.807) is 4.57 Å². The number of benzene rings is 2. The molecule has 0 unspecified atom stereocenters. The van der Waals surface area contributed by atoms with E-state index in [0.29, 0.717) is 13.0 Å². The van der Waals surface area contributed by atoms with Gasteiger partial charge in [0.1, 0.15) is 11.6 Å². The molecular formula is C22H19F2N3O4. The summed E-state index contributed by atoms with van der Waals surface area (Å²) in [6.45, 7) is 0.588. The number of oxazole rings is 1. The minimum absolute atomic E-state index is 0.0406. The van der Waals surface area contributed by atoms with Crippen molar-refractivity contribution in [3.05, 3.63) is 76.7 Å². The van der Waals surface area contributed by atoms with Gasteiger partial charge in [0.15, 0.2) is 11.7 Å². The Hall–Kier alpha value is -3.75. The van der Waals surface area contributed by atoms with E-state index in [-0.39, 0.29) is 42.4 Å². The molecule has 0 bridgehead atoms. The predicted molar refractivity (Wildman–Crippen MR) is 108 cm³/mol. The average Bonchev–Trinajstić information content (AvgIpc) is 3.34. The summed E-state index contributed by atoms with van der Waals surface area (Å²) in [6.07, 6.45) is 2.04. The quantitative estimate of drug-likeness (QED) is 0.341. The number of carbonyl (C=O) groups excluding carboxylic acids is 1. The molecule has 0 fully saturated rings. The van der Waals surface area contributed by atoms with Crippen LogP contribution < -0.4 is 5.69 Å². The fraction of sp³-hybridized carbons (Fsp3) is 0.227. The number of aryl methyl sites for hydroxylation is 2. The van der Waals surface area contributed by atoms with Crippen LogP contribution >= 0.6 is 0 Å². The van der Waals surface area contributed by atoms with E-state index in [0.717, 1.165) is 23.2 Å². The van der Waals surface area contributed by atoms with E-state index in [9.17, 15) is 18.4 Å². The van der Waals surface area contributed by atoms with Crippen molar-refractivity contribution in [2.24, 2.45) is 0 Å². The van der Waals surface area contributed by atoms with E-state index in [1.807, 2.05) is 24.3 Å². The highest BCUT2D eigenvalue weighted by molar-refractivity contribution is 5.74. The molecule has 4 rings (SSSR count). The molecule has 9 heteroatoms. The van der Waals surface area contributed by atoms with Crippen molar-refractivity contribution in [2.45, 2.75) is 25.8 Å². The van der Waals surface area contributed by atoms with Gasteiger partial charge >= 0.3 is 11.7 Å². The van der Waals surface area contributed by atoms with Crippen LogP contribution in [-0.2, 0) is 22.5 Å². The number of hydrogen-bond acceptors (Lipinski definition) is 5. The Balaban J connectivity index is 1.24. The molecule has 0 spiro atoms. The van der Waals surface area contributed by atoms with Crippen molar-refractivity contribution in [1.29, 1.82) is 0 Å². The Morgan fingerprint density at radius 3 is 2.87 bits per heavy atom. The minimum Gasteiger partial charge on any atom is -0.466 e. The van der Waals surface area contributed by atoms with Gasteiger partial charge in [-0.2, -0.15) is 0 Å². The zero-order valence-electron chi connectivity index (χ0n) is 16.4. The number of esters is 1. The van der Waals surface area contributed by atoms with Gasteiger partial charge in [-0.05, 0) is 30.7 Å². The van der Waals surface area contributed by atoms with Crippen LogP contribution in [0.4, 0.5) is 8.78 Å². The Morgan fingerprint density at radius 2 is 2.03 bits per heavy atom. The van der Waals surface area contributed by atoms with E-state index in [1.165, 1.54) is 12.3 Å². The summed E-state index contributed by atoms with van der Waals surface area (Å²) < 4.78 is 39.1. The lowest BCUT2D eigenvalue weighted by Gasteiger charge is -2.05. The number of fused-ring (bicyclic) bond motifs is 1. The van der Waals surface area contributed by atoms with Gasteiger partial charge in [-0.25, -0.2) is 18.6 Å². The number of H-pyrrole nitrogens is 1. The van der Waals surface area contributed by atoms with Gasteiger partial charge in [0, 0.05) is 19.0 Å². The van der Waals surface area contributed by atoms with Crippen molar-refractivity contribution < 1.29 is 22.7 Å². The molecule has 2 heterocycles. The summed E-state index contributed by atoms with van der Waals surface area (Å²) in [6, 6.07) is 10.5. The molecule has 7 nitrogen and oxygen atoms in total. The summed E-state index contributed by atoms with van der Waals surface area (Å²) in [5, 5.41) is 0. The normalized spacial score (nSPS) is 11.2. The standard InChI is InChI=1S/C22H19F2N3O4/c23-14-6-7-15(16(24)12-14)19-13-25-20(31-19)8-9-21(28)30-11-3-10-27-18-5-2-1-4-17(18)26-22(27)29/h1-2,4-7,12-13H,3,8-11H2,(H,26,29). The molecule has 0 atom stereocenters. The van der Waals surface area contributed by atoms with Crippen molar-refractivity contribution in [3.8, 4) is 11.3 Å². The second-order valence-corrected chi connectivity index (χ2v) is 6.92. The highest BCUT2D eigenvalue weighted by atomic mass is 19.1. The Labute approximate surface area is 175 Å². The SMILES string of the molecule is O=C(CCc1ncc(-c2ccc(F)cc2F)o1)OCCCn1c(=O)[nH]c2ccccc21. The van der Waals surface area contributed by atoms with Crippen LogP contribution in [0.5, 0.6) is 0 Å². The number of para-hydroxylation sites is 2. The molecule has 0 saturated carbocycles. The summed E-state index contributed by atoms with van der Waals surface area (Å²) in [7, 11) is 0. The molecule has 0 aliphatic rings. The molecule has 0 saturated heterocycles. The van der Waals surface area contributed by atoms with Crippen LogP contribution in [0.2, 0.25) is 0 Å². The maximum absolute atomic E-state index is 13.8. The van der Waals surface area contributed by atoms with Gasteiger partial charge in [-0.1, -0.05) is 12.1 Å². The fourth-order valence-electron chi connectivity index (χ4n) is 3.26. The van der Waals surface area contributed by atoms with E-state index >= 15 is 0 Å². The summed E-state index contributed by atoms with van der Waals surface area (Å²) in [5.41, 5.74) is 1.45. The number of aromatic nitrogens is 3. The van der Waals surface area contributed by atoms with Crippen LogP contribution in [-0.4, -0.2) is 27.1 Å². The predicted octanol–water partition coefficient (Wildman–Crippen LogP) is 3.83. The van der Waals surface area contributed by atoms with E-state index in [2.05, 4.69) is 9.97 Å². The molecule has 2 aromatic heterocycles. The first kappa shape index (κ1) is 20.5. The van der Waals surface area contributed by atoms with Crippen LogP contribution in [0.25, 0.3) is 22.4 Å². The molecular weight excluding hydrogens is 408 g/mol. The minimum atomic E-state index is -0.753. The first-order chi connectivity index (χ1) is 15.0. The molecule has 0 amide bonds. The molecule has 160 valence electrons. The Morgan fingerprint density at radius 1 is 1.19 bits per heavy atom. The molecule has 1 N–H and O–H groups in total. The van der Waals surface area contributed by atoms with Crippen LogP contribution in [0.15, 0.2) is 57.9 Å². The number of rotatable bonds is 8. The Kier molecular flexibility index (Phi) is 5.92. The number of nitrogens with zero attached hydrogens (tertiary/aromatic N) is 2. The van der Waals surface area contributed by atoms with Crippen molar-refractivity contribution in [2.75, 3.05) is 6.61 Å². The van der Waals surface area contributed by atoms with Gasteiger partial charge < -0.3 is 14.1 Å². The van der Waals surface area contributed by atoms with Gasteiger partial charge in [-0.3, -0.25) is 9.36 Å². The first-order valence-electron chi connectivity index (χ1n) is 9.74. The first-order valence-corrected chi connectivity index (χ1v) is 9.74. The van der Waals surface area contributed by atoms with Crippen molar-refractivity contribution >= 4 is 17.0 Å². The number of ether oxygens (including phenoxy) is 1. The third kappa shape index (κ3) is 4.71. The third-order valence-electron chi connectivity index (χ3n) is 4.76. The lowest BCUT2D eigenvalue weighted by Crippen LogP contribution is -2.18. The topological polar surface area (TPSA) is 90.1 Å². The largest absolute Gasteiger partial charge is 0.466 e. The molecule has 0 aliphatic carbocycles. The third-order valence-corrected chi connectivity index (χ3v) is 4.76. The summed E-state index contributed by atoms with van der Waals surface area (Å²) in [5.74, 6) is -1.46. The number of imidazole rings is 1. The zero-order chi connectivity index (χ0) is 21.8. The van der Waals surface area contributed by atoms with E-state index in [4.69, 9.17) is 9.15 Å². The monoisotopic (exact) mass is 427 g/mol. The zero-order valence-corrected chi connectivity index (χ0v) is 16.4. The molecule has 0 aliphatic heterocycles. The smallest absolute Gasteiger partial charge is 0.326 e. The highest BCUT2D eigenvalue weighted by Gasteiger charge is 2.13. The Bertz CT molecular complexity index is 1280. The molecule has 2 aromatic carbocycles. The maximum Gasteiger partial charge on any atom is 0.326 e. The lowest BCUT2D eigenvalue weighted by molar-refractivity contribution is -0.143. The van der Waals surface area contributed by atoms with Gasteiger partial charge in [0.2, 0.25) is 0 Å². The number of carbonyl (C=O) groups is 1. The van der Waals surface area contributed by atoms with Crippen molar-refractivity contribution in [3.63, 3.8) is 0 Å². The summed E-state index contributed by atoms with van der Waals surface area (Å²) in [4.78, 5) is 30.8. The van der Waals surface area contributed by atoms with Gasteiger partial charge in [0.25, 0.3) is 0 Å². The van der Waals surface area contributed by atoms with Crippen LogP contribution in [0.1, 0.15) is 18.7 Å². The van der Waals surface area contributed by atoms with Crippen molar-refractivity contribution in [1.82, 2.24) is 14.5 Å². The average molecular weight is 427 g/mol. The van der Waals surface area contributed by atoms with Crippen LogP contribution in [0, 0.1) is 11.6 Å². The molecule has 4 aromatic rings. The fourth-order valence-corrected chi connectivity index (χ4v) is 3.26. The lowest BCUT2D eigenvalue weighted by atomic mass is 10.2. The number of halogens is 2. The maximum atomic E-state index is 13.8. The van der Waals surface area contributed by atoms with Gasteiger partial charge in [0.05, 0.1) is 35.8 Å². The molecule has 0 radical (unpaired) electrons. The van der Waals surface area contributed by atoms with E-state index < -0.39 is 17.6 Å². The second kappa shape index (κ2) is 8.95.